The second-order valence-electron chi connectivity index (χ2n) is 4.10. The summed E-state index contributed by atoms with van der Waals surface area (Å²) < 4.78 is 14.2. The van der Waals surface area contributed by atoms with E-state index in [-0.39, 0.29) is 0 Å². The van der Waals surface area contributed by atoms with E-state index in [0.717, 1.165) is 11.3 Å². The summed E-state index contributed by atoms with van der Waals surface area (Å²) in [5.41, 5.74) is 7.84. The Labute approximate surface area is 112 Å². The van der Waals surface area contributed by atoms with Gasteiger partial charge in [0.05, 0.1) is 39.0 Å². The molecule has 0 aliphatic heterocycles. The summed E-state index contributed by atoms with van der Waals surface area (Å²) in [6.07, 6.45) is 6.89. The van der Waals surface area contributed by atoms with Crippen LogP contribution in [0.5, 0.6) is 0 Å². The highest BCUT2D eigenvalue weighted by Crippen LogP contribution is 2.17. The maximum absolute atomic E-state index is 12.3. The van der Waals surface area contributed by atoms with Crippen molar-refractivity contribution in [3.05, 3.63) is 54.7 Å². The van der Waals surface area contributed by atoms with Crippen molar-refractivity contribution in [1.82, 2.24) is 14.4 Å². The van der Waals surface area contributed by atoms with Crippen LogP contribution in [-0.4, -0.2) is 18.6 Å². The van der Waals surface area contributed by atoms with E-state index in [1.807, 2.05) is 35.0 Å². The first-order valence-corrected chi connectivity index (χ1v) is 7.06. The molecule has 6 heteroatoms. The van der Waals surface area contributed by atoms with E-state index in [4.69, 9.17) is 5.73 Å². The predicted octanol–water partition coefficient (Wildman–Crippen LogP) is 1.62. The van der Waals surface area contributed by atoms with Crippen LogP contribution in [0.3, 0.4) is 0 Å². The normalized spacial score (nSPS) is 12.6. The minimum Gasteiger partial charge on any atom is -0.396 e. The van der Waals surface area contributed by atoms with Crippen LogP contribution in [-0.2, 0) is 16.6 Å². The summed E-state index contributed by atoms with van der Waals surface area (Å²) in [6, 6.07) is 7.44. The number of fused-ring (bicyclic) bond motifs is 1. The van der Waals surface area contributed by atoms with Gasteiger partial charge in [-0.1, -0.05) is 6.07 Å². The molecule has 0 aromatic carbocycles. The minimum atomic E-state index is -1.21. The van der Waals surface area contributed by atoms with Gasteiger partial charge in [-0.25, -0.2) is 4.98 Å². The quantitative estimate of drug-likeness (QED) is 0.786. The summed E-state index contributed by atoms with van der Waals surface area (Å²) in [5, 5.41) is 0. The van der Waals surface area contributed by atoms with Crippen molar-refractivity contribution in [3.63, 3.8) is 0 Å². The molecule has 0 bridgehead atoms. The van der Waals surface area contributed by atoms with Gasteiger partial charge in [-0.2, -0.15) is 0 Å². The number of hydrogen-bond acceptors (Lipinski definition) is 4. The van der Waals surface area contributed by atoms with Crippen LogP contribution in [0, 0.1) is 0 Å². The van der Waals surface area contributed by atoms with Crippen LogP contribution in [0.4, 0.5) is 5.69 Å². The molecule has 0 aliphatic rings. The number of nitrogen functional groups attached to an aromatic ring is 1. The van der Waals surface area contributed by atoms with Gasteiger partial charge in [0, 0.05) is 18.6 Å². The van der Waals surface area contributed by atoms with Crippen LogP contribution in [0.25, 0.3) is 5.65 Å². The zero-order valence-electron chi connectivity index (χ0n) is 10.1. The topological polar surface area (TPSA) is 73.3 Å². The largest absolute Gasteiger partial charge is 0.396 e. The van der Waals surface area contributed by atoms with Crippen molar-refractivity contribution in [2.24, 2.45) is 0 Å². The molecular formula is C13H12N4OS. The molecule has 19 heavy (non-hydrogen) atoms. The number of nitrogens with zero attached hydrogens (tertiary/aromatic N) is 3. The molecule has 0 radical (unpaired) electrons. The second-order valence-corrected chi connectivity index (χ2v) is 5.52. The van der Waals surface area contributed by atoms with Crippen LogP contribution in [0.1, 0.15) is 5.69 Å². The number of pyridine rings is 2. The van der Waals surface area contributed by atoms with Gasteiger partial charge in [0.1, 0.15) is 5.65 Å². The molecule has 3 aromatic rings. The highest BCUT2D eigenvalue weighted by molar-refractivity contribution is 7.84. The van der Waals surface area contributed by atoms with Gasteiger partial charge in [-0.3, -0.25) is 9.19 Å². The first-order chi connectivity index (χ1) is 9.24. The first-order valence-electron chi connectivity index (χ1n) is 5.74. The molecule has 3 heterocycles. The Balaban J connectivity index is 1.89. The highest BCUT2D eigenvalue weighted by atomic mass is 32.2. The van der Waals surface area contributed by atoms with E-state index in [1.54, 1.807) is 12.3 Å². The third-order valence-electron chi connectivity index (χ3n) is 2.75. The van der Waals surface area contributed by atoms with Gasteiger partial charge < -0.3 is 10.1 Å². The van der Waals surface area contributed by atoms with Crippen molar-refractivity contribution in [3.8, 4) is 0 Å². The summed E-state index contributed by atoms with van der Waals surface area (Å²) in [4.78, 5) is 8.92. The minimum absolute atomic E-state index is 0.343. The Bertz CT molecular complexity index is 720. The third-order valence-corrected chi connectivity index (χ3v) is 4.17. The van der Waals surface area contributed by atoms with Crippen LogP contribution in [0.15, 0.2) is 53.9 Å². The maximum atomic E-state index is 12.3. The molecule has 0 spiro atoms. The molecule has 1 atom stereocenters. The lowest BCUT2D eigenvalue weighted by Gasteiger charge is -2.02. The van der Waals surface area contributed by atoms with E-state index in [9.17, 15) is 4.21 Å². The average Bonchev–Trinajstić information content (AvgIpc) is 2.81. The van der Waals surface area contributed by atoms with E-state index in [1.165, 1.54) is 6.20 Å². The van der Waals surface area contributed by atoms with Gasteiger partial charge in [-0.15, -0.1) is 0 Å². The lowest BCUT2D eigenvalue weighted by Crippen LogP contribution is -2.01. The molecule has 2 N–H and O–H groups in total. The third kappa shape index (κ3) is 2.34. The Morgan fingerprint density at radius 2 is 2.21 bits per heavy atom. The maximum Gasteiger partial charge on any atom is 0.137 e. The fourth-order valence-electron chi connectivity index (χ4n) is 1.87. The number of aromatic nitrogens is 3. The SMILES string of the molecule is Nc1cnccc1S(=O)Cc1cn2ccccc2n1. The molecule has 3 aromatic heterocycles. The van der Waals surface area contributed by atoms with E-state index in [2.05, 4.69) is 9.97 Å². The molecular weight excluding hydrogens is 260 g/mol. The Hall–Kier alpha value is -2.21. The second kappa shape index (κ2) is 4.81. The molecule has 5 nitrogen and oxygen atoms in total. The fraction of sp³-hybridized carbons (Fsp3) is 0.0769. The molecule has 0 saturated carbocycles. The summed E-state index contributed by atoms with van der Waals surface area (Å²) in [6.45, 7) is 0. The molecule has 96 valence electrons. The summed E-state index contributed by atoms with van der Waals surface area (Å²) in [5.74, 6) is 0.343. The van der Waals surface area contributed by atoms with Crippen molar-refractivity contribution in [2.45, 2.75) is 10.6 Å². The van der Waals surface area contributed by atoms with Crippen molar-refractivity contribution in [1.29, 1.82) is 0 Å². The molecule has 0 aliphatic carbocycles. The van der Waals surface area contributed by atoms with Crippen LogP contribution >= 0.6 is 0 Å². The van der Waals surface area contributed by atoms with Gasteiger partial charge in [0.15, 0.2) is 0 Å². The van der Waals surface area contributed by atoms with Gasteiger partial charge in [0.25, 0.3) is 0 Å². The standard InChI is InChI=1S/C13H12N4OS/c14-11-7-15-5-4-12(11)19(18)9-10-8-17-6-2-1-3-13(17)16-10/h1-8H,9,14H2. The van der Waals surface area contributed by atoms with E-state index in [0.29, 0.717) is 16.3 Å². The lowest BCUT2D eigenvalue weighted by atomic mass is 10.4. The highest BCUT2D eigenvalue weighted by Gasteiger charge is 2.11. The Morgan fingerprint density at radius 1 is 1.32 bits per heavy atom. The van der Waals surface area contributed by atoms with Crippen molar-refractivity contribution in [2.75, 3.05) is 5.73 Å². The van der Waals surface area contributed by atoms with Crippen LogP contribution in [0.2, 0.25) is 0 Å². The summed E-state index contributed by atoms with van der Waals surface area (Å²) in [7, 11) is -1.21. The molecule has 0 amide bonds. The Kier molecular flexibility index (Phi) is 3.00. The smallest absolute Gasteiger partial charge is 0.137 e. The fourth-order valence-corrected chi connectivity index (χ4v) is 2.96. The zero-order valence-corrected chi connectivity index (χ0v) is 10.9. The predicted molar refractivity (Wildman–Crippen MR) is 74.0 cm³/mol. The Morgan fingerprint density at radius 3 is 3.00 bits per heavy atom. The van der Waals surface area contributed by atoms with Gasteiger partial charge in [0.2, 0.25) is 0 Å². The molecule has 0 saturated heterocycles. The number of rotatable bonds is 3. The molecule has 1 unspecified atom stereocenters. The number of hydrogen-bond donors (Lipinski definition) is 1. The zero-order chi connectivity index (χ0) is 13.2. The number of imidazole rings is 1. The van der Waals surface area contributed by atoms with E-state index >= 15 is 0 Å². The van der Waals surface area contributed by atoms with Crippen molar-refractivity contribution < 1.29 is 4.21 Å². The molecule has 0 fully saturated rings. The monoisotopic (exact) mass is 272 g/mol. The first kappa shape index (κ1) is 11.9. The van der Waals surface area contributed by atoms with Gasteiger partial charge >= 0.3 is 0 Å². The number of anilines is 1. The number of nitrogens with two attached hydrogens (primary N) is 1. The van der Waals surface area contributed by atoms with Crippen LogP contribution < -0.4 is 5.73 Å². The van der Waals surface area contributed by atoms with Gasteiger partial charge in [-0.05, 0) is 18.2 Å². The van der Waals surface area contributed by atoms with Crippen molar-refractivity contribution >= 4 is 22.1 Å². The average molecular weight is 272 g/mol. The summed E-state index contributed by atoms with van der Waals surface area (Å²) >= 11 is 0. The lowest BCUT2D eigenvalue weighted by molar-refractivity contribution is 0.682. The molecule has 3 rings (SSSR count). The van der Waals surface area contributed by atoms with E-state index < -0.39 is 10.8 Å².